The summed E-state index contributed by atoms with van der Waals surface area (Å²) in [7, 11) is 0. The van der Waals surface area contributed by atoms with E-state index in [9.17, 15) is 14.4 Å². The molecule has 0 fully saturated rings. The summed E-state index contributed by atoms with van der Waals surface area (Å²) in [6.07, 6.45) is 0.281. The molecule has 0 aliphatic heterocycles. The molecule has 0 heterocycles. The lowest BCUT2D eigenvalue weighted by Crippen LogP contribution is -2.36. The lowest BCUT2D eigenvalue weighted by atomic mass is 10.0. The van der Waals surface area contributed by atoms with E-state index in [1.54, 1.807) is 0 Å². The summed E-state index contributed by atoms with van der Waals surface area (Å²) >= 11 is 0. The SMILES string of the molecule is CC[C@H](C)[C@H](N)C(=O)O.N[C@@H](CC(=O)O)C(=O)O. The molecule has 7 N–H and O–H groups in total. The number of carbonyl (C=O) groups is 3. The third-order valence-electron chi connectivity index (χ3n) is 2.25. The Hall–Kier alpha value is -1.67. The van der Waals surface area contributed by atoms with Gasteiger partial charge in [-0.2, -0.15) is 0 Å². The van der Waals surface area contributed by atoms with Gasteiger partial charge in [-0.15, -0.1) is 0 Å². The average Bonchev–Trinajstić information content (AvgIpc) is 2.26. The molecule has 0 aromatic rings. The van der Waals surface area contributed by atoms with E-state index in [1.807, 2.05) is 13.8 Å². The fourth-order valence-corrected chi connectivity index (χ4v) is 0.773. The summed E-state index contributed by atoms with van der Waals surface area (Å²) in [5.41, 5.74) is 10.1. The number of rotatable bonds is 6. The molecule has 0 saturated carbocycles. The molecule has 3 atom stereocenters. The highest BCUT2D eigenvalue weighted by molar-refractivity contribution is 5.80. The standard InChI is InChI=1S/C6H13NO2.C4H7NO4/c1-3-4(2)5(7)6(8)9;5-2(4(8)9)1-3(6)7/h4-5H,3,7H2,1-2H3,(H,8,9);2H,1,5H2,(H,6,7)(H,8,9)/t4-,5-;2-/m00/s1. The molecule has 0 radical (unpaired) electrons. The van der Waals surface area contributed by atoms with Gasteiger partial charge in [0.1, 0.15) is 12.1 Å². The topological polar surface area (TPSA) is 164 Å². The maximum Gasteiger partial charge on any atom is 0.321 e. The van der Waals surface area contributed by atoms with Crippen LogP contribution in [0.4, 0.5) is 0 Å². The second-order valence-electron chi connectivity index (χ2n) is 3.79. The van der Waals surface area contributed by atoms with Crippen LogP contribution in [0.2, 0.25) is 0 Å². The molecule has 0 spiro atoms. The highest BCUT2D eigenvalue weighted by atomic mass is 16.4. The van der Waals surface area contributed by atoms with Gasteiger partial charge >= 0.3 is 17.9 Å². The Kier molecular flexibility index (Phi) is 9.73. The largest absolute Gasteiger partial charge is 0.481 e. The molecule has 0 unspecified atom stereocenters. The minimum atomic E-state index is -1.29. The fourth-order valence-electron chi connectivity index (χ4n) is 0.773. The Bertz CT molecular complexity index is 294. The van der Waals surface area contributed by atoms with Crippen molar-refractivity contribution in [2.24, 2.45) is 17.4 Å². The predicted octanol–water partition coefficient (Wildman–Crippen LogP) is -0.683. The van der Waals surface area contributed by atoms with Crippen LogP contribution in [0, 0.1) is 5.92 Å². The predicted molar refractivity (Wildman–Crippen MR) is 62.9 cm³/mol. The molecular formula is C10H20N2O6. The van der Waals surface area contributed by atoms with Crippen LogP contribution in [0.5, 0.6) is 0 Å². The first kappa shape index (κ1) is 18.7. The van der Waals surface area contributed by atoms with Gasteiger partial charge in [0.15, 0.2) is 0 Å². The van der Waals surface area contributed by atoms with Crippen LogP contribution < -0.4 is 11.5 Å². The number of nitrogens with two attached hydrogens (primary N) is 2. The molecule has 0 aromatic carbocycles. The molecule has 0 saturated heterocycles. The highest BCUT2D eigenvalue weighted by Gasteiger charge is 2.17. The van der Waals surface area contributed by atoms with Gasteiger partial charge < -0.3 is 26.8 Å². The third kappa shape index (κ3) is 9.55. The van der Waals surface area contributed by atoms with Gasteiger partial charge in [-0.1, -0.05) is 20.3 Å². The van der Waals surface area contributed by atoms with Crippen molar-refractivity contribution in [2.75, 3.05) is 0 Å². The zero-order valence-corrected chi connectivity index (χ0v) is 10.4. The minimum absolute atomic E-state index is 0.0718. The van der Waals surface area contributed by atoms with Gasteiger partial charge in [0, 0.05) is 0 Å². The van der Waals surface area contributed by atoms with Crippen LogP contribution in [-0.4, -0.2) is 45.3 Å². The first-order valence-corrected chi connectivity index (χ1v) is 5.32. The van der Waals surface area contributed by atoms with Gasteiger partial charge in [0.05, 0.1) is 6.42 Å². The molecular weight excluding hydrogens is 244 g/mol. The molecule has 8 heteroatoms. The van der Waals surface area contributed by atoms with E-state index in [0.29, 0.717) is 0 Å². The summed E-state index contributed by atoms with van der Waals surface area (Å²) in [5, 5.41) is 24.4. The zero-order valence-electron chi connectivity index (χ0n) is 10.4. The molecule has 0 rings (SSSR count). The van der Waals surface area contributed by atoms with Gasteiger partial charge in [-0.05, 0) is 5.92 Å². The van der Waals surface area contributed by atoms with E-state index < -0.39 is 36.4 Å². The average molecular weight is 264 g/mol. The maximum absolute atomic E-state index is 10.2. The molecule has 18 heavy (non-hydrogen) atoms. The van der Waals surface area contributed by atoms with Crippen LogP contribution in [0.1, 0.15) is 26.7 Å². The second-order valence-corrected chi connectivity index (χ2v) is 3.79. The fraction of sp³-hybridized carbons (Fsp3) is 0.700. The van der Waals surface area contributed by atoms with E-state index in [2.05, 4.69) is 0 Å². The molecule has 0 bridgehead atoms. The van der Waals surface area contributed by atoms with Crippen molar-refractivity contribution < 1.29 is 29.7 Å². The van der Waals surface area contributed by atoms with Gasteiger partial charge in [0.2, 0.25) is 0 Å². The maximum atomic E-state index is 10.2. The second kappa shape index (κ2) is 9.37. The van der Waals surface area contributed by atoms with Gasteiger partial charge in [-0.25, -0.2) is 0 Å². The smallest absolute Gasteiger partial charge is 0.321 e. The summed E-state index contributed by atoms with van der Waals surface area (Å²) in [4.78, 5) is 29.8. The number of carboxylic acid groups (broad SMARTS) is 3. The first-order chi connectivity index (χ1) is 8.13. The van der Waals surface area contributed by atoms with E-state index in [-0.39, 0.29) is 5.92 Å². The van der Waals surface area contributed by atoms with Crippen LogP contribution in [0.15, 0.2) is 0 Å². The Morgan fingerprint density at radius 2 is 1.50 bits per heavy atom. The van der Waals surface area contributed by atoms with Crippen LogP contribution >= 0.6 is 0 Å². The van der Waals surface area contributed by atoms with Crippen molar-refractivity contribution >= 4 is 17.9 Å². The first-order valence-electron chi connectivity index (χ1n) is 5.32. The zero-order chi connectivity index (χ0) is 14.9. The molecule has 0 aromatic heterocycles. The Morgan fingerprint density at radius 1 is 1.06 bits per heavy atom. The Balaban J connectivity index is 0. The molecule has 8 nitrogen and oxygen atoms in total. The lowest BCUT2D eigenvalue weighted by Gasteiger charge is -2.11. The summed E-state index contributed by atoms with van der Waals surface area (Å²) in [6, 6.07) is -1.99. The molecule has 0 aliphatic rings. The number of hydrogen-bond acceptors (Lipinski definition) is 5. The van der Waals surface area contributed by atoms with E-state index >= 15 is 0 Å². The van der Waals surface area contributed by atoms with Crippen LogP contribution in [0.25, 0.3) is 0 Å². The normalized spacial score (nSPS) is 14.7. The summed E-state index contributed by atoms with van der Waals surface area (Å²) in [6.45, 7) is 3.76. The third-order valence-corrected chi connectivity index (χ3v) is 2.25. The van der Waals surface area contributed by atoms with Gasteiger partial charge in [-0.3, -0.25) is 14.4 Å². The molecule has 0 aliphatic carbocycles. The number of aliphatic carboxylic acids is 3. The van der Waals surface area contributed by atoms with Crippen molar-refractivity contribution in [1.82, 2.24) is 0 Å². The van der Waals surface area contributed by atoms with Gasteiger partial charge in [0.25, 0.3) is 0 Å². The van der Waals surface area contributed by atoms with Crippen molar-refractivity contribution in [2.45, 2.75) is 38.8 Å². The minimum Gasteiger partial charge on any atom is -0.481 e. The summed E-state index contributed by atoms with van der Waals surface area (Å²) < 4.78 is 0. The number of hydrogen-bond donors (Lipinski definition) is 5. The van der Waals surface area contributed by atoms with E-state index in [1.165, 1.54) is 0 Å². The quantitative estimate of drug-likeness (QED) is 0.421. The lowest BCUT2D eigenvalue weighted by molar-refractivity contribution is -0.144. The summed E-state index contributed by atoms with van der Waals surface area (Å²) in [5.74, 6) is -3.34. The monoisotopic (exact) mass is 264 g/mol. The Labute approximate surface area is 105 Å². The van der Waals surface area contributed by atoms with Crippen molar-refractivity contribution in [3.63, 3.8) is 0 Å². The Morgan fingerprint density at radius 3 is 1.61 bits per heavy atom. The van der Waals surface area contributed by atoms with E-state index in [0.717, 1.165) is 6.42 Å². The number of carboxylic acids is 3. The van der Waals surface area contributed by atoms with Crippen LogP contribution in [-0.2, 0) is 14.4 Å². The highest BCUT2D eigenvalue weighted by Crippen LogP contribution is 2.04. The van der Waals surface area contributed by atoms with Crippen LogP contribution in [0.3, 0.4) is 0 Å². The van der Waals surface area contributed by atoms with Crippen molar-refractivity contribution in [3.05, 3.63) is 0 Å². The van der Waals surface area contributed by atoms with E-state index in [4.69, 9.17) is 26.8 Å². The van der Waals surface area contributed by atoms with Crippen molar-refractivity contribution in [1.29, 1.82) is 0 Å². The molecule has 0 amide bonds. The van der Waals surface area contributed by atoms with Crippen molar-refractivity contribution in [3.8, 4) is 0 Å². The molecule has 106 valence electrons.